The number of rotatable bonds is 0. The highest BCUT2D eigenvalue weighted by Gasteiger charge is 2.15. The highest BCUT2D eigenvalue weighted by atomic mass is 15.2. The van der Waals surface area contributed by atoms with Crippen LogP contribution in [-0.2, 0) is 5.41 Å². The molecule has 4 heteroatoms. The molecule has 0 saturated heterocycles. The van der Waals surface area contributed by atoms with E-state index >= 15 is 0 Å². The average molecular weight is 152 g/mol. The van der Waals surface area contributed by atoms with Crippen molar-refractivity contribution in [1.29, 1.82) is 0 Å². The zero-order chi connectivity index (χ0) is 8.48. The quantitative estimate of drug-likeness (QED) is 0.595. The van der Waals surface area contributed by atoms with Gasteiger partial charge in [0.25, 0.3) is 0 Å². The van der Waals surface area contributed by atoms with Gasteiger partial charge in [0.15, 0.2) is 0 Å². The smallest absolute Gasteiger partial charge is 0.240 e. The van der Waals surface area contributed by atoms with E-state index in [1.165, 1.54) is 0 Å². The lowest BCUT2D eigenvalue weighted by molar-refractivity contribution is 0.562. The lowest BCUT2D eigenvalue weighted by Gasteiger charge is -2.15. The van der Waals surface area contributed by atoms with Crippen LogP contribution in [0.2, 0.25) is 0 Å². The number of hydrogen-bond donors (Lipinski definition) is 1. The Hall–Kier alpha value is -1.19. The lowest BCUT2D eigenvalue weighted by atomic mass is 9.93. The second-order valence-electron chi connectivity index (χ2n) is 3.45. The van der Waals surface area contributed by atoms with Crippen LogP contribution in [0.5, 0.6) is 0 Å². The Morgan fingerprint density at radius 3 is 2.36 bits per heavy atom. The summed E-state index contributed by atoms with van der Waals surface area (Å²) in [6, 6.07) is 0. The summed E-state index contributed by atoms with van der Waals surface area (Å²) < 4.78 is 0. The second kappa shape index (κ2) is 2.45. The first kappa shape index (κ1) is 7.91. The molecule has 0 saturated carbocycles. The highest BCUT2D eigenvalue weighted by Crippen LogP contribution is 2.18. The number of hydrogen-bond acceptors (Lipinski definition) is 4. The van der Waals surface area contributed by atoms with Crippen LogP contribution in [0.25, 0.3) is 0 Å². The molecule has 2 N–H and O–H groups in total. The Bertz CT molecular complexity index is 251. The monoisotopic (exact) mass is 152 g/mol. The van der Waals surface area contributed by atoms with Crippen LogP contribution >= 0.6 is 0 Å². The van der Waals surface area contributed by atoms with Crippen molar-refractivity contribution < 1.29 is 0 Å². The molecule has 1 aromatic rings. The standard InChI is InChI=1S/C7H12N4/c1-7(2,3)5-4-9-11-6(8)10-5/h4H,1-3H3,(H2,8,10,11). The van der Waals surface area contributed by atoms with Crippen LogP contribution in [-0.4, -0.2) is 15.2 Å². The molecular weight excluding hydrogens is 140 g/mol. The Balaban J connectivity index is 3.06. The molecule has 0 unspecified atom stereocenters. The van der Waals surface area contributed by atoms with Crippen molar-refractivity contribution in [3.05, 3.63) is 11.9 Å². The minimum atomic E-state index is -0.00986. The summed E-state index contributed by atoms with van der Waals surface area (Å²) in [5.74, 6) is 0.234. The predicted octanol–water partition coefficient (Wildman–Crippen LogP) is 0.751. The van der Waals surface area contributed by atoms with Crippen LogP contribution < -0.4 is 5.73 Å². The lowest BCUT2D eigenvalue weighted by Crippen LogP contribution is -2.15. The molecule has 1 rings (SSSR count). The van der Waals surface area contributed by atoms with Crippen LogP contribution in [0.15, 0.2) is 6.20 Å². The fourth-order valence-electron chi connectivity index (χ4n) is 0.679. The maximum absolute atomic E-state index is 5.37. The number of nitrogens with zero attached hydrogens (tertiary/aromatic N) is 3. The zero-order valence-electron chi connectivity index (χ0n) is 7.00. The van der Waals surface area contributed by atoms with Gasteiger partial charge < -0.3 is 5.73 Å². The Morgan fingerprint density at radius 2 is 2.00 bits per heavy atom. The number of nitrogen functional groups attached to an aromatic ring is 1. The Labute approximate surface area is 65.9 Å². The van der Waals surface area contributed by atoms with Gasteiger partial charge in [0, 0.05) is 5.41 Å². The van der Waals surface area contributed by atoms with E-state index in [-0.39, 0.29) is 11.4 Å². The molecular formula is C7H12N4. The van der Waals surface area contributed by atoms with Gasteiger partial charge in [0.1, 0.15) is 0 Å². The largest absolute Gasteiger partial charge is 0.366 e. The predicted molar refractivity (Wildman–Crippen MR) is 42.9 cm³/mol. The topological polar surface area (TPSA) is 64.7 Å². The third kappa shape index (κ3) is 1.86. The first-order chi connectivity index (χ1) is 5.00. The molecule has 4 nitrogen and oxygen atoms in total. The summed E-state index contributed by atoms with van der Waals surface area (Å²) in [7, 11) is 0. The van der Waals surface area contributed by atoms with Crippen LogP contribution in [0.3, 0.4) is 0 Å². The van der Waals surface area contributed by atoms with Crippen molar-refractivity contribution >= 4 is 5.95 Å². The molecule has 0 atom stereocenters. The summed E-state index contributed by atoms with van der Waals surface area (Å²) >= 11 is 0. The average Bonchev–Trinajstić information content (AvgIpc) is 1.86. The molecule has 0 aromatic carbocycles. The maximum atomic E-state index is 5.37. The van der Waals surface area contributed by atoms with Gasteiger partial charge in [0.2, 0.25) is 5.95 Å². The molecule has 0 aliphatic carbocycles. The summed E-state index contributed by atoms with van der Waals surface area (Å²) in [6.45, 7) is 6.16. The van der Waals surface area contributed by atoms with E-state index in [9.17, 15) is 0 Å². The molecule has 1 heterocycles. The van der Waals surface area contributed by atoms with E-state index in [4.69, 9.17) is 5.73 Å². The summed E-state index contributed by atoms with van der Waals surface area (Å²) in [5.41, 5.74) is 6.23. The van der Waals surface area contributed by atoms with Gasteiger partial charge in [-0.2, -0.15) is 5.10 Å². The van der Waals surface area contributed by atoms with Gasteiger partial charge >= 0.3 is 0 Å². The van der Waals surface area contributed by atoms with Crippen molar-refractivity contribution in [2.24, 2.45) is 0 Å². The fraction of sp³-hybridized carbons (Fsp3) is 0.571. The van der Waals surface area contributed by atoms with Gasteiger partial charge in [-0.15, -0.1) is 5.10 Å². The molecule has 11 heavy (non-hydrogen) atoms. The number of aromatic nitrogens is 3. The van der Waals surface area contributed by atoms with Crippen molar-refractivity contribution in [2.45, 2.75) is 26.2 Å². The molecule has 0 aliphatic heterocycles. The van der Waals surface area contributed by atoms with Gasteiger partial charge in [0.05, 0.1) is 11.9 Å². The third-order valence-electron chi connectivity index (χ3n) is 1.34. The number of anilines is 1. The zero-order valence-corrected chi connectivity index (χ0v) is 7.00. The van der Waals surface area contributed by atoms with Gasteiger partial charge in [-0.05, 0) is 0 Å². The van der Waals surface area contributed by atoms with E-state index in [1.54, 1.807) is 6.20 Å². The summed E-state index contributed by atoms with van der Waals surface area (Å²) in [4.78, 5) is 4.05. The van der Waals surface area contributed by atoms with E-state index in [0.29, 0.717) is 0 Å². The third-order valence-corrected chi connectivity index (χ3v) is 1.34. The minimum Gasteiger partial charge on any atom is -0.366 e. The first-order valence-electron chi connectivity index (χ1n) is 3.46. The molecule has 0 bridgehead atoms. The van der Waals surface area contributed by atoms with Gasteiger partial charge in [-0.3, -0.25) is 0 Å². The van der Waals surface area contributed by atoms with Crippen molar-refractivity contribution in [2.75, 3.05) is 5.73 Å². The molecule has 0 fully saturated rings. The molecule has 0 radical (unpaired) electrons. The SMILES string of the molecule is CC(C)(C)c1cnnc(N)n1. The van der Waals surface area contributed by atoms with E-state index in [1.807, 2.05) is 0 Å². The van der Waals surface area contributed by atoms with Gasteiger partial charge in [-0.25, -0.2) is 4.98 Å². The van der Waals surface area contributed by atoms with Crippen molar-refractivity contribution in [3.8, 4) is 0 Å². The molecule has 60 valence electrons. The Kier molecular flexibility index (Phi) is 1.76. The van der Waals surface area contributed by atoms with E-state index in [2.05, 4.69) is 36.0 Å². The summed E-state index contributed by atoms with van der Waals surface area (Å²) in [5, 5.41) is 7.28. The van der Waals surface area contributed by atoms with E-state index in [0.717, 1.165) is 5.69 Å². The van der Waals surface area contributed by atoms with Crippen LogP contribution in [0.4, 0.5) is 5.95 Å². The fourth-order valence-corrected chi connectivity index (χ4v) is 0.679. The van der Waals surface area contributed by atoms with Gasteiger partial charge in [-0.1, -0.05) is 20.8 Å². The highest BCUT2D eigenvalue weighted by molar-refractivity contribution is 5.17. The first-order valence-corrected chi connectivity index (χ1v) is 3.46. The normalized spacial score (nSPS) is 11.5. The summed E-state index contributed by atoms with van der Waals surface area (Å²) in [6.07, 6.45) is 1.64. The maximum Gasteiger partial charge on any atom is 0.240 e. The van der Waals surface area contributed by atoms with Crippen molar-refractivity contribution in [1.82, 2.24) is 15.2 Å². The van der Waals surface area contributed by atoms with Crippen LogP contribution in [0.1, 0.15) is 26.5 Å². The number of nitrogens with two attached hydrogens (primary N) is 1. The molecule has 1 aromatic heterocycles. The van der Waals surface area contributed by atoms with Crippen LogP contribution in [0, 0.1) is 0 Å². The van der Waals surface area contributed by atoms with E-state index < -0.39 is 0 Å². The Morgan fingerprint density at radius 1 is 1.36 bits per heavy atom. The van der Waals surface area contributed by atoms with Crippen molar-refractivity contribution in [3.63, 3.8) is 0 Å². The second-order valence-corrected chi connectivity index (χ2v) is 3.45. The minimum absolute atomic E-state index is 0.00986. The molecule has 0 aliphatic rings. The molecule has 0 spiro atoms. The molecule has 0 amide bonds.